The molecule has 1 N–H and O–H groups in total. The number of Topliss-reactive ketones (excluding diaryl/α,β-unsaturated/α-hetero) is 1. The maximum atomic E-state index is 13.2. The Kier molecular flexibility index (Phi) is 9.63. The minimum atomic E-state index is -0.506. The summed E-state index contributed by atoms with van der Waals surface area (Å²) in [5, 5.41) is 12.9. The average Bonchev–Trinajstić information content (AvgIpc) is 2.84. The first kappa shape index (κ1) is 29.0. The second-order valence-electron chi connectivity index (χ2n) is 11.6. The van der Waals surface area contributed by atoms with Gasteiger partial charge in [-0.2, -0.15) is 5.06 Å². The van der Waals surface area contributed by atoms with Crippen LogP contribution in [-0.4, -0.2) is 16.0 Å². The molecular formula is C32H41NO3S. The summed E-state index contributed by atoms with van der Waals surface area (Å²) < 4.78 is 6.34. The van der Waals surface area contributed by atoms with Crippen molar-refractivity contribution < 1.29 is 14.2 Å². The molecule has 0 aliphatic heterocycles. The van der Waals surface area contributed by atoms with E-state index >= 15 is 0 Å². The number of hydrogen-bond acceptors (Lipinski definition) is 5. The molecule has 0 saturated carbocycles. The molecule has 1 atom stereocenters. The van der Waals surface area contributed by atoms with Gasteiger partial charge in [-0.3, -0.25) is 4.79 Å². The summed E-state index contributed by atoms with van der Waals surface area (Å²) in [5.74, 6) is 1.06. The van der Waals surface area contributed by atoms with Gasteiger partial charge in [0.1, 0.15) is 11.8 Å². The maximum Gasteiger partial charge on any atom is 0.156 e. The molecular weight excluding hydrogens is 478 g/mol. The molecule has 4 nitrogen and oxygen atoms in total. The van der Waals surface area contributed by atoms with E-state index in [0.29, 0.717) is 24.5 Å². The van der Waals surface area contributed by atoms with Gasteiger partial charge in [0.15, 0.2) is 5.78 Å². The molecule has 0 saturated heterocycles. The highest BCUT2D eigenvalue weighted by atomic mass is 32.2. The van der Waals surface area contributed by atoms with Gasteiger partial charge in [-0.15, -0.1) is 0 Å². The highest BCUT2D eigenvalue weighted by Gasteiger charge is 2.29. The molecule has 0 aromatic heterocycles. The number of phenols is 1. The Morgan fingerprint density at radius 1 is 0.865 bits per heavy atom. The largest absolute Gasteiger partial charge is 0.507 e. The Labute approximate surface area is 227 Å². The van der Waals surface area contributed by atoms with Crippen LogP contribution in [0.5, 0.6) is 5.75 Å². The van der Waals surface area contributed by atoms with Crippen LogP contribution in [0.4, 0.5) is 0 Å². The molecule has 5 heteroatoms. The molecule has 0 bridgehead atoms. The molecule has 3 aromatic rings. The van der Waals surface area contributed by atoms with E-state index in [9.17, 15) is 9.90 Å². The first-order chi connectivity index (χ1) is 17.4. The van der Waals surface area contributed by atoms with Crippen LogP contribution in [0.25, 0.3) is 0 Å². The fraction of sp³-hybridized carbons (Fsp3) is 0.406. The van der Waals surface area contributed by atoms with Crippen LogP contribution in [0.15, 0.2) is 72.8 Å². The summed E-state index contributed by atoms with van der Waals surface area (Å²) in [6.45, 7) is 15.1. The zero-order chi connectivity index (χ0) is 27.2. The van der Waals surface area contributed by atoms with E-state index < -0.39 is 6.04 Å². The third kappa shape index (κ3) is 7.70. The van der Waals surface area contributed by atoms with Gasteiger partial charge in [0, 0.05) is 24.2 Å². The number of carbonyl (C=O) groups is 1. The predicted molar refractivity (Wildman–Crippen MR) is 154 cm³/mol. The molecule has 0 heterocycles. The van der Waals surface area contributed by atoms with Gasteiger partial charge < -0.3 is 5.11 Å². The Hall–Kier alpha value is -2.60. The van der Waals surface area contributed by atoms with Crippen molar-refractivity contribution in [1.82, 2.24) is 5.06 Å². The lowest BCUT2D eigenvalue weighted by Crippen LogP contribution is -2.32. The van der Waals surface area contributed by atoms with Gasteiger partial charge in [0.25, 0.3) is 0 Å². The summed E-state index contributed by atoms with van der Waals surface area (Å²) >= 11 is 1.32. The Morgan fingerprint density at radius 3 is 1.86 bits per heavy atom. The number of hydroxylamine groups is 2. The van der Waals surface area contributed by atoms with Crippen LogP contribution >= 0.6 is 12.0 Å². The second kappa shape index (κ2) is 12.3. The Morgan fingerprint density at radius 2 is 1.38 bits per heavy atom. The minimum Gasteiger partial charge on any atom is -0.507 e. The average molecular weight is 520 g/mol. The highest BCUT2D eigenvalue weighted by molar-refractivity contribution is 7.93. The van der Waals surface area contributed by atoms with Crippen LogP contribution in [0, 0.1) is 0 Å². The Balaban J connectivity index is 1.91. The molecule has 0 spiro atoms. The van der Waals surface area contributed by atoms with Crippen LogP contribution in [0.1, 0.15) is 88.7 Å². The van der Waals surface area contributed by atoms with Gasteiger partial charge >= 0.3 is 0 Å². The van der Waals surface area contributed by atoms with E-state index in [4.69, 9.17) is 4.28 Å². The molecule has 3 rings (SSSR count). The normalized spacial score (nSPS) is 13.1. The van der Waals surface area contributed by atoms with Crippen LogP contribution in [-0.2, 0) is 32.2 Å². The maximum absolute atomic E-state index is 13.2. The standard InChI is InChI=1S/C32H41NO3S/c1-8-28(34)29(25-17-13-10-14-18-25)33(21-23-15-11-9-12-16-23)36-37-22-24-19-26(31(2,3)4)30(35)27(20-24)32(5,6)7/h9-20,29,35H,8,21-22H2,1-7H3. The lowest BCUT2D eigenvalue weighted by atomic mass is 9.78. The topological polar surface area (TPSA) is 49.8 Å². The number of carbonyl (C=O) groups excluding carboxylic acids is 1. The lowest BCUT2D eigenvalue weighted by molar-refractivity contribution is -0.142. The number of phenolic OH excluding ortho intramolecular Hbond substituents is 1. The summed E-state index contributed by atoms with van der Waals surface area (Å²) in [7, 11) is 0. The van der Waals surface area contributed by atoms with E-state index in [2.05, 4.69) is 53.7 Å². The van der Waals surface area contributed by atoms with Crippen molar-refractivity contribution in [3.63, 3.8) is 0 Å². The van der Waals surface area contributed by atoms with Crippen molar-refractivity contribution in [2.45, 2.75) is 84.1 Å². The molecule has 3 aromatic carbocycles. The van der Waals surface area contributed by atoms with Gasteiger partial charge in [-0.25, -0.2) is 4.28 Å². The van der Waals surface area contributed by atoms with E-state index in [-0.39, 0.29) is 16.6 Å². The zero-order valence-electron chi connectivity index (χ0n) is 23.2. The second-order valence-corrected chi connectivity index (χ2v) is 12.2. The molecule has 1 unspecified atom stereocenters. The van der Waals surface area contributed by atoms with Crippen molar-refractivity contribution in [3.05, 3.63) is 101 Å². The molecule has 198 valence electrons. The fourth-order valence-corrected chi connectivity index (χ4v) is 4.98. The molecule has 37 heavy (non-hydrogen) atoms. The quantitative estimate of drug-likeness (QED) is 0.216. The number of aromatic hydroxyl groups is 1. The number of hydrogen-bond donors (Lipinski definition) is 1. The van der Waals surface area contributed by atoms with Crippen LogP contribution in [0.2, 0.25) is 0 Å². The smallest absolute Gasteiger partial charge is 0.156 e. The first-order valence-corrected chi connectivity index (χ1v) is 13.9. The van der Waals surface area contributed by atoms with Crippen molar-refractivity contribution in [2.75, 3.05) is 0 Å². The van der Waals surface area contributed by atoms with Crippen LogP contribution in [0.3, 0.4) is 0 Å². The zero-order valence-corrected chi connectivity index (χ0v) is 24.1. The molecule has 0 aliphatic carbocycles. The number of nitrogens with zero attached hydrogens (tertiary/aromatic N) is 1. The van der Waals surface area contributed by atoms with E-state index in [1.54, 1.807) is 5.06 Å². The summed E-state index contributed by atoms with van der Waals surface area (Å²) in [4.78, 5) is 13.2. The van der Waals surface area contributed by atoms with Gasteiger partial charge in [0.05, 0.1) is 6.54 Å². The molecule has 0 aliphatic rings. The molecule has 0 amide bonds. The number of rotatable bonds is 10. The van der Waals surface area contributed by atoms with Crippen LogP contribution < -0.4 is 0 Å². The third-order valence-corrected chi connectivity index (χ3v) is 7.15. The molecule has 0 radical (unpaired) electrons. The van der Waals surface area contributed by atoms with E-state index in [1.807, 2.05) is 67.6 Å². The van der Waals surface area contributed by atoms with E-state index in [1.165, 1.54) is 12.0 Å². The monoisotopic (exact) mass is 519 g/mol. The third-order valence-electron chi connectivity index (χ3n) is 6.40. The number of benzene rings is 3. The van der Waals surface area contributed by atoms with Crippen molar-refractivity contribution >= 4 is 17.8 Å². The van der Waals surface area contributed by atoms with Crippen molar-refractivity contribution in [2.24, 2.45) is 0 Å². The van der Waals surface area contributed by atoms with E-state index in [0.717, 1.165) is 27.8 Å². The molecule has 0 fully saturated rings. The summed E-state index contributed by atoms with van der Waals surface area (Å²) in [6.07, 6.45) is 0.417. The van der Waals surface area contributed by atoms with Gasteiger partial charge in [0.2, 0.25) is 0 Å². The van der Waals surface area contributed by atoms with Gasteiger partial charge in [-0.05, 0) is 38.6 Å². The fourth-order valence-electron chi connectivity index (χ4n) is 4.35. The Bertz CT molecular complexity index is 1130. The summed E-state index contributed by atoms with van der Waals surface area (Å²) in [5.41, 5.74) is 4.53. The highest BCUT2D eigenvalue weighted by Crippen LogP contribution is 2.40. The lowest BCUT2D eigenvalue weighted by Gasteiger charge is -2.30. The van der Waals surface area contributed by atoms with Gasteiger partial charge in [-0.1, -0.05) is 121 Å². The predicted octanol–water partition coefficient (Wildman–Crippen LogP) is 8.29. The minimum absolute atomic E-state index is 0.109. The van der Waals surface area contributed by atoms with Crippen molar-refractivity contribution in [1.29, 1.82) is 0 Å². The number of ketones is 1. The first-order valence-electron chi connectivity index (χ1n) is 13.0. The van der Waals surface area contributed by atoms with Crippen molar-refractivity contribution in [3.8, 4) is 5.75 Å². The summed E-state index contributed by atoms with van der Waals surface area (Å²) in [6, 6.07) is 23.6. The SMILES string of the molecule is CCC(=O)C(c1ccccc1)N(Cc1ccccc1)OSCc1cc(C(C)(C)C)c(O)c(C(C)(C)C)c1.